The smallest absolute Gasteiger partial charge is 0.107 e. The highest BCUT2D eigenvalue weighted by atomic mass is 32.1. The maximum Gasteiger partial charge on any atom is 0.107 e. The van der Waals surface area contributed by atoms with E-state index >= 15 is 0 Å². The number of aliphatic hydroxyl groups excluding tert-OH is 1. The van der Waals surface area contributed by atoms with Gasteiger partial charge in [-0.3, -0.25) is 9.80 Å². The largest absolute Gasteiger partial charge is 0.391 e. The van der Waals surface area contributed by atoms with Gasteiger partial charge in [0.05, 0.1) is 18.3 Å². The third-order valence-corrected chi connectivity index (χ3v) is 7.32. The van der Waals surface area contributed by atoms with Gasteiger partial charge in [-0.05, 0) is 33.1 Å². The molecule has 4 rings (SSSR count). The average Bonchev–Trinajstić information content (AvgIpc) is 3.22. The number of hydrogen-bond donors (Lipinski definition) is 1. The number of aromatic nitrogens is 1. The van der Waals surface area contributed by atoms with E-state index in [9.17, 15) is 5.11 Å². The van der Waals surface area contributed by atoms with Crippen molar-refractivity contribution in [2.75, 3.05) is 13.1 Å². The van der Waals surface area contributed by atoms with Crippen LogP contribution < -0.4 is 0 Å². The Morgan fingerprint density at radius 3 is 2.83 bits per heavy atom. The maximum absolute atomic E-state index is 10.5. The molecule has 0 amide bonds. The fourth-order valence-corrected chi connectivity index (χ4v) is 5.95. The first-order valence-corrected chi connectivity index (χ1v) is 10.0. The second-order valence-corrected chi connectivity index (χ2v) is 9.00. The monoisotopic (exact) mass is 335 g/mol. The summed E-state index contributed by atoms with van der Waals surface area (Å²) in [4.78, 5) is 11.5. The molecule has 1 saturated carbocycles. The molecular formula is C18H29N3OS. The van der Waals surface area contributed by atoms with E-state index in [2.05, 4.69) is 23.6 Å². The third kappa shape index (κ3) is 2.76. The molecule has 3 heterocycles. The van der Waals surface area contributed by atoms with Gasteiger partial charge in [-0.15, -0.1) is 11.3 Å². The van der Waals surface area contributed by atoms with Gasteiger partial charge in [0.1, 0.15) is 5.01 Å². The summed E-state index contributed by atoms with van der Waals surface area (Å²) in [5, 5.41) is 11.8. The minimum Gasteiger partial charge on any atom is -0.391 e. The van der Waals surface area contributed by atoms with Crippen molar-refractivity contribution in [3.05, 3.63) is 15.6 Å². The van der Waals surface area contributed by atoms with Gasteiger partial charge in [0.2, 0.25) is 0 Å². The standard InChI is InChI=1S/C18H29N3OS/c1-13(2)20-9-5-14-15(11-20)23-17(19-14)12-21-10-6-16(22)18(21)7-3-4-8-18/h13,16,22H,3-12H2,1-2H3. The molecule has 1 aromatic rings. The first-order chi connectivity index (χ1) is 11.1. The van der Waals surface area contributed by atoms with Crippen LogP contribution in [-0.4, -0.2) is 50.7 Å². The molecule has 23 heavy (non-hydrogen) atoms. The summed E-state index contributed by atoms with van der Waals surface area (Å²) >= 11 is 1.91. The minimum absolute atomic E-state index is 0.0656. The van der Waals surface area contributed by atoms with Crippen molar-refractivity contribution in [3.8, 4) is 0 Å². The lowest BCUT2D eigenvalue weighted by molar-refractivity contribution is 0.0277. The third-order valence-electron chi connectivity index (χ3n) is 6.25. The molecular weight excluding hydrogens is 306 g/mol. The fourth-order valence-electron chi connectivity index (χ4n) is 4.79. The van der Waals surface area contributed by atoms with E-state index in [1.807, 2.05) is 11.3 Å². The molecule has 0 radical (unpaired) electrons. The lowest BCUT2D eigenvalue weighted by Crippen LogP contribution is -2.47. The molecule has 4 nitrogen and oxygen atoms in total. The van der Waals surface area contributed by atoms with Crippen molar-refractivity contribution in [1.82, 2.24) is 14.8 Å². The molecule has 5 heteroatoms. The highest BCUT2D eigenvalue weighted by Crippen LogP contribution is 2.44. The summed E-state index contributed by atoms with van der Waals surface area (Å²) in [6.07, 6.45) is 6.78. The summed E-state index contributed by atoms with van der Waals surface area (Å²) < 4.78 is 0. The van der Waals surface area contributed by atoms with Crippen LogP contribution in [-0.2, 0) is 19.5 Å². The van der Waals surface area contributed by atoms with E-state index in [0.717, 1.165) is 39.0 Å². The zero-order valence-corrected chi connectivity index (χ0v) is 15.2. The van der Waals surface area contributed by atoms with Gasteiger partial charge < -0.3 is 5.11 Å². The molecule has 1 unspecified atom stereocenters. The van der Waals surface area contributed by atoms with Gasteiger partial charge >= 0.3 is 0 Å². The van der Waals surface area contributed by atoms with Gasteiger partial charge in [0, 0.05) is 42.5 Å². The molecule has 1 N–H and O–H groups in total. The SMILES string of the molecule is CC(C)N1CCc2nc(CN3CCC(O)C34CCCC4)sc2C1. The van der Waals surface area contributed by atoms with Crippen LogP contribution in [0.5, 0.6) is 0 Å². The van der Waals surface area contributed by atoms with Crippen LogP contribution in [0.1, 0.15) is 61.5 Å². The van der Waals surface area contributed by atoms with Gasteiger partial charge in [0.15, 0.2) is 0 Å². The topological polar surface area (TPSA) is 39.6 Å². The van der Waals surface area contributed by atoms with Crippen molar-refractivity contribution in [2.24, 2.45) is 0 Å². The lowest BCUT2D eigenvalue weighted by atomic mass is 9.91. The van der Waals surface area contributed by atoms with Crippen LogP contribution in [0.4, 0.5) is 0 Å². The summed E-state index contributed by atoms with van der Waals surface area (Å²) in [7, 11) is 0. The Morgan fingerprint density at radius 1 is 1.30 bits per heavy atom. The van der Waals surface area contributed by atoms with Crippen molar-refractivity contribution >= 4 is 11.3 Å². The molecule has 1 saturated heterocycles. The first kappa shape index (κ1) is 16.0. The first-order valence-electron chi connectivity index (χ1n) is 9.23. The maximum atomic E-state index is 10.5. The van der Waals surface area contributed by atoms with Gasteiger partial charge in [-0.1, -0.05) is 12.8 Å². The molecule has 0 aromatic carbocycles. The van der Waals surface area contributed by atoms with Gasteiger partial charge in [0.25, 0.3) is 0 Å². The Balaban J connectivity index is 1.50. The van der Waals surface area contributed by atoms with Crippen LogP contribution in [0.3, 0.4) is 0 Å². The summed E-state index contributed by atoms with van der Waals surface area (Å²) in [6.45, 7) is 8.74. The van der Waals surface area contributed by atoms with Crippen LogP contribution >= 0.6 is 11.3 Å². The summed E-state index contributed by atoms with van der Waals surface area (Å²) in [6, 6.07) is 0.615. The van der Waals surface area contributed by atoms with E-state index in [1.54, 1.807) is 0 Å². The Hall–Kier alpha value is -0.490. The molecule has 2 fully saturated rings. The van der Waals surface area contributed by atoms with E-state index < -0.39 is 0 Å². The Kier molecular flexibility index (Phi) is 4.25. The zero-order valence-electron chi connectivity index (χ0n) is 14.4. The zero-order chi connectivity index (χ0) is 16.0. The van der Waals surface area contributed by atoms with E-state index in [4.69, 9.17) is 4.98 Å². The average molecular weight is 336 g/mol. The minimum atomic E-state index is -0.129. The predicted molar refractivity (Wildman–Crippen MR) is 93.6 cm³/mol. The molecule has 1 atom stereocenters. The van der Waals surface area contributed by atoms with E-state index in [0.29, 0.717) is 6.04 Å². The van der Waals surface area contributed by atoms with Crippen LogP contribution in [0, 0.1) is 0 Å². The molecule has 2 aliphatic heterocycles. The quantitative estimate of drug-likeness (QED) is 0.922. The number of aliphatic hydroxyl groups is 1. The number of thiazole rings is 1. The highest BCUT2D eigenvalue weighted by Gasteiger charge is 2.49. The lowest BCUT2D eigenvalue weighted by Gasteiger charge is -2.36. The van der Waals surface area contributed by atoms with Crippen molar-refractivity contribution in [3.63, 3.8) is 0 Å². The van der Waals surface area contributed by atoms with Crippen molar-refractivity contribution in [1.29, 1.82) is 0 Å². The molecule has 128 valence electrons. The van der Waals surface area contributed by atoms with Gasteiger partial charge in [-0.2, -0.15) is 0 Å². The van der Waals surface area contributed by atoms with E-state index in [-0.39, 0.29) is 11.6 Å². The number of nitrogens with zero attached hydrogens (tertiary/aromatic N) is 3. The van der Waals surface area contributed by atoms with Crippen molar-refractivity contribution in [2.45, 2.75) is 83.1 Å². The number of rotatable bonds is 3. The van der Waals surface area contributed by atoms with Crippen molar-refractivity contribution < 1.29 is 5.11 Å². The predicted octanol–water partition coefficient (Wildman–Crippen LogP) is 2.79. The number of likely N-dealkylation sites (tertiary alicyclic amines) is 1. The Morgan fingerprint density at radius 2 is 2.09 bits per heavy atom. The fraction of sp³-hybridized carbons (Fsp3) is 0.833. The van der Waals surface area contributed by atoms with Crippen LogP contribution in [0.15, 0.2) is 0 Å². The highest BCUT2D eigenvalue weighted by molar-refractivity contribution is 7.11. The summed E-state index contributed by atoms with van der Waals surface area (Å²) in [5.41, 5.74) is 1.40. The second kappa shape index (κ2) is 6.10. The van der Waals surface area contributed by atoms with Crippen LogP contribution in [0.2, 0.25) is 0 Å². The molecule has 3 aliphatic rings. The molecule has 0 bridgehead atoms. The molecule has 1 spiro atoms. The summed E-state index contributed by atoms with van der Waals surface area (Å²) in [5.74, 6) is 0. The second-order valence-electron chi connectivity index (χ2n) is 7.83. The van der Waals surface area contributed by atoms with E-state index in [1.165, 1.54) is 41.3 Å². The molecule has 1 aliphatic carbocycles. The Bertz CT molecular complexity index is 565. The van der Waals surface area contributed by atoms with Gasteiger partial charge in [-0.25, -0.2) is 4.98 Å². The number of fused-ring (bicyclic) bond motifs is 1. The van der Waals surface area contributed by atoms with Crippen LogP contribution in [0.25, 0.3) is 0 Å². The number of hydrogen-bond acceptors (Lipinski definition) is 5. The normalized spacial score (nSPS) is 28.1. The Labute approximate surface area is 143 Å². The molecule has 1 aromatic heterocycles.